The molecule has 0 aliphatic heterocycles. The van der Waals surface area contributed by atoms with E-state index in [4.69, 9.17) is 20.5 Å². The highest BCUT2D eigenvalue weighted by Crippen LogP contribution is 2.34. The molecule has 7 nitrogen and oxygen atoms in total. The van der Waals surface area contributed by atoms with Gasteiger partial charge in [0, 0.05) is 47.1 Å². The summed E-state index contributed by atoms with van der Waals surface area (Å²) >= 11 is 0. The quantitative estimate of drug-likeness (QED) is 0.139. The number of pyridine rings is 4. The topological polar surface area (TPSA) is 102 Å². The second kappa shape index (κ2) is 13.1. The van der Waals surface area contributed by atoms with E-state index in [1.54, 1.807) is 18.6 Å². The van der Waals surface area contributed by atoms with Gasteiger partial charge in [-0.15, -0.1) is 0 Å². The van der Waals surface area contributed by atoms with Gasteiger partial charge < -0.3 is 0 Å². The number of aromatic nitrogens is 4. The van der Waals surface area contributed by atoms with Gasteiger partial charge in [0.05, 0.1) is 34.0 Å². The van der Waals surface area contributed by atoms with E-state index < -0.39 is 0 Å². The predicted molar refractivity (Wildman–Crippen MR) is 198 cm³/mol. The summed E-state index contributed by atoms with van der Waals surface area (Å²) in [5.41, 5.74) is 14.0. The Morgan fingerprint density at radius 1 is 0.531 bits per heavy atom. The number of para-hydroxylation sites is 1. The van der Waals surface area contributed by atoms with E-state index in [2.05, 4.69) is 63.9 Å². The summed E-state index contributed by atoms with van der Waals surface area (Å²) in [6.07, 6.45) is 11.1. The molecule has 0 saturated carbocycles. The summed E-state index contributed by atoms with van der Waals surface area (Å²) in [6, 6.07) is 42.6. The number of anilines is 1. The minimum absolute atomic E-state index is 0.498. The van der Waals surface area contributed by atoms with Crippen LogP contribution in [0.25, 0.3) is 55.6 Å². The molecule has 7 heteroatoms. The maximum atomic E-state index is 6.94. The third-order valence-electron chi connectivity index (χ3n) is 8.45. The second-order valence-corrected chi connectivity index (χ2v) is 11.6. The number of hydrogen-bond acceptors (Lipinski definition) is 6. The first kappa shape index (κ1) is 29.5. The van der Waals surface area contributed by atoms with E-state index in [0.29, 0.717) is 11.4 Å². The van der Waals surface area contributed by atoms with E-state index in [9.17, 15) is 0 Å². The molecular weight excluding hydrogens is 603 g/mol. The molecule has 49 heavy (non-hydrogen) atoms. The van der Waals surface area contributed by atoms with E-state index >= 15 is 0 Å². The van der Waals surface area contributed by atoms with Crippen molar-refractivity contribution in [2.24, 2.45) is 5.10 Å². The lowest BCUT2D eigenvalue weighted by atomic mass is 9.91. The number of benzene rings is 3. The molecule has 0 saturated heterocycles. The van der Waals surface area contributed by atoms with Gasteiger partial charge in [0.15, 0.2) is 5.71 Å². The molecule has 0 unspecified atom stereocenters. The van der Waals surface area contributed by atoms with Crippen LogP contribution in [-0.2, 0) is 0 Å². The first-order valence-corrected chi connectivity index (χ1v) is 15.9. The molecule has 3 N–H and O–H groups in total. The second-order valence-electron chi connectivity index (χ2n) is 11.6. The molecular formula is C42H30N7+. The van der Waals surface area contributed by atoms with Gasteiger partial charge in [-0.2, -0.15) is 5.10 Å². The van der Waals surface area contributed by atoms with Crippen LogP contribution >= 0.6 is 0 Å². The Labute approximate surface area is 283 Å². The van der Waals surface area contributed by atoms with Crippen LogP contribution in [0.2, 0.25) is 0 Å². The van der Waals surface area contributed by atoms with Gasteiger partial charge in [-0.25, -0.2) is 9.97 Å². The van der Waals surface area contributed by atoms with Crippen LogP contribution in [0, 0.1) is 0 Å². The Morgan fingerprint density at radius 3 is 1.90 bits per heavy atom. The van der Waals surface area contributed by atoms with E-state index in [1.807, 2.05) is 97.2 Å². The summed E-state index contributed by atoms with van der Waals surface area (Å²) in [6.45, 7) is 0. The first-order valence-electron chi connectivity index (χ1n) is 15.9. The summed E-state index contributed by atoms with van der Waals surface area (Å²) in [7, 11) is 0. The Hall–Kier alpha value is -6.86. The molecule has 0 bridgehead atoms. The maximum Gasteiger partial charge on any atom is 0.233 e. The summed E-state index contributed by atoms with van der Waals surface area (Å²) in [5, 5.41) is 14.2. The van der Waals surface area contributed by atoms with Gasteiger partial charge in [-0.05, 0) is 83.1 Å². The Balaban J connectivity index is 1.22. The fourth-order valence-electron chi connectivity index (χ4n) is 6.02. The zero-order valence-corrected chi connectivity index (χ0v) is 26.4. The van der Waals surface area contributed by atoms with Crippen molar-refractivity contribution in [3.8, 4) is 33.6 Å². The third kappa shape index (κ3) is 6.04. The van der Waals surface area contributed by atoms with E-state index in [1.165, 1.54) is 10.8 Å². The molecule has 0 spiro atoms. The molecule has 0 radical (unpaired) electrons. The van der Waals surface area contributed by atoms with Crippen molar-refractivity contribution in [3.05, 3.63) is 176 Å². The van der Waals surface area contributed by atoms with Crippen LogP contribution in [0.3, 0.4) is 0 Å². The largest absolute Gasteiger partial charge is 0.277 e. The number of fused-ring (bicyclic) bond motifs is 1. The van der Waals surface area contributed by atoms with Crippen LogP contribution in [-0.4, -0.2) is 31.4 Å². The number of nitrogens with one attached hydrogen (secondary N) is 1. The van der Waals surface area contributed by atoms with Crippen molar-refractivity contribution in [1.82, 2.24) is 19.9 Å². The summed E-state index contributed by atoms with van der Waals surface area (Å²) in [4.78, 5) is 18.6. The third-order valence-corrected chi connectivity index (χ3v) is 8.45. The maximum absolute atomic E-state index is 6.94. The van der Waals surface area contributed by atoms with E-state index in [-0.39, 0.29) is 0 Å². The molecule has 1 aliphatic carbocycles. The van der Waals surface area contributed by atoms with Gasteiger partial charge in [0.1, 0.15) is 0 Å². The lowest BCUT2D eigenvalue weighted by molar-refractivity contribution is -0.108. The normalized spacial score (nSPS) is 13.6. The van der Waals surface area contributed by atoms with Gasteiger partial charge in [-0.1, -0.05) is 72.8 Å². The average molecular weight is 633 g/mol. The summed E-state index contributed by atoms with van der Waals surface area (Å²) in [5.74, 6) is 0. The first-order chi connectivity index (χ1) is 24.2. The fraction of sp³-hybridized carbons (Fsp3) is 0. The Kier molecular flexibility index (Phi) is 7.89. The Bertz CT molecular complexity index is 2420. The number of allylic oxidation sites excluding steroid dienone is 4. The fourth-order valence-corrected chi connectivity index (χ4v) is 6.02. The highest BCUT2D eigenvalue weighted by atomic mass is 15.3. The lowest BCUT2D eigenvalue weighted by Gasteiger charge is -2.16. The number of hydrogen-bond donors (Lipinski definition) is 2. The SMILES string of the molecule is [NH2+]=C1C(c2cccc(-c3cccnc3)n2)=CC(c2cccc(-c3cccnc3)n2)=C/C1=N/Nc1ccccc1-c1cccc2ccccc12. The number of rotatable bonds is 7. The summed E-state index contributed by atoms with van der Waals surface area (Å²) < 4.78 is 0. The predicted octanol–water partition coefficient (Wildman–Crippen LogP) is 7.57. The highest BCUT2D eigenvalue weighted by molar-refractivity contribution is 6.61. The van der Waals surface area contributed by atoms with Crippen molar-refractivity contribution in [1.29, 1.82) is 0 Å². The number of nitrogens with zero attached hydrogens (tertiary/aromatic N) is 5. The standard InChI is InChI=1S/C42H29N7/c43-42-35(39-21-7-19-37(47-39)30-13-9-23-45-27-30)24-31(38-20-6-18-36(46-38)29-12-8-22-44-26-29)25-41(42)49-48-40-17-4-3-15-34(40)33-16-5-11-28-10-1-2-14-32(28)33/h1-27,43,48H/p+1/b43-42?,49-41-. The highest BCUT2D eigenvalue weighted by Gasteiger charge is 2.26. The molecule has 1 aliphatic rings. The van der Waals surface area contributed by atoms with Crippen molar-refractivity contribution in [3.63, 3.8) is 0 Å². The number of nitrogens with two attached hydrogens (primary N) is 1. The van der Waals surface area contributed by atoms with Crippen molar-refractivity contribution in [2.45, 2.75) is 0 Å². The van der Waals surface area contributed by atoms with Gasteiger partial charge in [0.25, 0.3) is 0 Å². The lowest BCUT2D eigenvalue weighted by Crippen LogP contribution is -2.46. The zero-order chi connectivity index (χ0) is 33.0. The van der Waals surface area contributed by atoms with Crippen LogP contribution in [0.5, 0.6) is 0 Å². The molecule has 0 atom stereocenters. The van der Waals surface area contributed by atoms with E-state index in [0.717, 1.165) is 61.9 Å². The van der Waals surface area contributed by atoms with Crippen LogP contribution in [0.4, 0.5) is 5.69 Å². The average Bonchev–Trinajstić information content (AvgIpc) is 3.18. The minimum atomic E-state index is 0.498. The molecule has 4 heterocycles. The molecule has 232 valence electrons. The number of hydrazone groups is 1. The van der Waals surface area contributed by atoms with Crippen molar-refractivity contribution < 1.29 is 5.41 Å². The van der Waals surface area contributed by atoms with Crippen molar-refractivity contribution in [2.75, 3.05) is 5.43 Å². The van der Waals surface area contributed by atoms with Gasteiger partial charge >= 0.3 is 0 Å². The van der Waals surface area contributed by atoms with Crippen LogP contribution in [0.15, 0.2) is 169 Å². The Morgan fingerprint density at radius 2 is 1.14 bits per heavy atom. The minimum Gasteiger partial charge on any atom is -0.277 e. The molecule has 4 aromatic heterocycles. The molecule has 0 amide bonds. The molecule has 3 aromatic carbocycles. The molecule has 7 aromatic rings. The van der Waals surface area contributed by atoms with Gasteiger partial charge in [0.2, 0.25) is 5.71 Å². The van der Waals surface area contributed by atoms with Crippen LogP contribution in [0.1, 0.15) is 11.4 Å². The van der Waals surface area contributed by atoms with Crippen molar-refractivity contribution >= 4 is 39.0 Å². The smallest absolute Gasteiger partial charge is 0.233 e. The monoisotopic (exact) mass is 632 g/mol. The molecule has 0 fully saturated rings. The van der Waals surface area contributed by atoms with Crippen LogP contribution < -0.4 is 10.8 Å². The van der Waals surface area contributed by atoms with Gasteiger partial charge in [-0.3, -0.25) is 20.8 Å². The zero-order valence-electron chi connectivity index (χ0n) is 26.4. The molecule has 8 rings (SSSR count).